The number of hydrogen-bond donors (Lipinski definition) is 0. The zero-order valence-corrected chi connectivity index (χ0v) is 27.7. The molecule has 1 aliphatic rings. The number of nitrogens with zero attached hydrogens (tertiary/aromatic N) is 3. The fourth-order valence-corrected chi connectivity index (χ4v) is 6.84. The van der Waals surface area contributed by atoms with E-state index in [-0.39, 0.29) is 17.9 Å². The lowest BCUT2D eigenvalue weighted by Gasteiger charge is -2.26. The van der Waals surface area contributed by atoms with Crippen molar-refractivity contribution in [3.63, 3.8) is 0 Å². The van der Waals surface area contributed by atoms with Crippen LogP contribution in [0.5, 0.6) is 11.5 Å². The Morgan fingerprint density at radius 3 is 2.51 bits per heavy atom. The second kappa shape index (κ2) is 13.2. The van der Waals surface area contributed by atoms with Gasteiger partial charge >= 0.3 is 5.97 Å². The molecule has 47 heavy (non-hydrogen) atoms. The molecule has 0 bridgehead atoms. The number of carbonyl (C=O) groups excluding carboxylic acids is 1. The Morgan fingerprint density at radius 1 is 1.06 bits per heavy atom. The largest absolute Gasteiger partial charge is 0.493 e. The number of hydrogen-bond acceptors (Lipinski definition) is 10. The quantitative estimate of drug-likeness (QED) is 0.105. The third-order valence-electron chi connectivity index (χ3n) is 7.43. The van der Waals surface area contributed by atoms with Gasteiger partial charge in [0.2, 0.25) is 0 Å². The summed E-state index contributed by atoms with van der Waals surface area (Å²) < 4.78 is 24.9. The molecule has 3 heterocycles. The Hall–Kier alpha value is -5.27. The van der Waals surface area contributed by atoms with Crippen molar-refractivity contribution in [1.29, 1.82) is 0 Å². The number of rotatable bonds is 9. The van der Waals surface area contributed by atoms with Crippen LogP contribution < -0.4 is 24.4 Å². The molecule has 5 aromatic rings. The molecule has 0 aliphatic carbocycles. The van der Waals surface area contributed by atoms with E-state index in [2.05, 4.69) is 15.9 Å². The number of non-ortho nitro benzene ring substituents is 1. The van der Waals surface area contributed by atoms with E-state index in [0.717, 1.165) is 11.3 Å². The molecule has 3 aromatic carbocycles. The standard InChI is InChI=1S/C34H26BrN3O8S/c1-4-45-33(40)29-30(19-8-6-5-7-9-19)36-34-37(31(29)20-10-14-26(43-2)27(16-20)44-3)32(39)28(47-34)18-22-12-15-25(46-22)23-13-11-21(38(41)42)17-24(23)35/h5-18,31H,4H2,1-3H3/b28-18-/t31-/m1/s1. The molecule has 1 atom stereocenters. The van der Waals surface area contributed by atoms with Gasteiger partial charge in [0.15, 0.2) is 16.3 Å². The van der Waals surface area contributed by atoms with E-state index in [0.29, 0.717) is 59.2 Å². The van der Waals surface area contributed by atoms with Crippen molar-refractivity contribution in [2.75, 3.05) is 20.8 Å². The summed E-state index contributed by atoms with van der Waals surface area (Å²) in [6, 6.07) is 21.4. The van der Waals surface area contributed by atoms with Gasteiger partial charge < -0.3 is 18.6 Å². The summed E-state index contributed by atoms with van der Waals surface area (Å²) in [5, 5.41) is 11.2. The van der Waals surface area contributed by atoms with E-state index in [1.165, 1.54) is 30.9 Å². The minimum Gasteiger partial charge on any atom is -0.493 e. The predicted molar refractivity (Wildman–Crippen MR) is 179 cm³/mol. The third-order valence-corrected chi connectivity index (χ3v) is 9.07. The van der Waals surface area contributed by atoms with Gasteiger partial charge in [0, 0.05) is 33.8 Å². The Labute approximate surface area is 280 Å². The number of thiazole rings is 1. The van der Waals surface area contributed by atoms with Crippen molar-refractivity contribution >= 4 is 50.7 Å². The van der Waals surface area contributed by atoms with E-state index >= 15 is 0 Å². The molecular weight excluding hydrogens is 690 g/mol. The first-order chi connectivity index (χ1) is 22.7. The number of nitro benzene ring substituents is 1. The molecule has 1 aliphatic heterocycles. The molecule has 0 saturated heterocycles. The van der Waals surface area contributed by atoms with Gasteiger partial charge in [0.25, 0.3) is 11.2 Å². The maximum atomic E-state index is 14.2. The molecule has 0 unspecified atom stereocenters. The van der Waals surface area contributed by atoms with Crippen molar-refractivity contribution in [2.24, 2.45) is 4.99 Å². The summed E-state index contributed by atoms with van der Waals surface area (Å²) in [7, 11) is 3.04. The maximum absolute atomic E-state index is 14.2. The molecule has 6 rings (SSSR count). The monoisotopic (exact) mass is 715 g/mol. The van der Waals surface area contributed by atoms with Crippen LogP contribution in [0.1, 0.15) is 29.9 Å². The smallest absolute Gasteiger partial charge is 0.338 e. The number of fused-ring (bicyclic) bond motifs is 1. The zero-order chi connectivity index (χ0) is 33.2. The van der Waals surface area contributed by atoms with Crippen molar-refractivity contribution in [3.05, 3.63) is 136 Å². The van der Waals surface area contributed by atoms with Crippen LogP contribution in [-0.2, 0) is 9.53 Å². The number of halogens is 1. The minimum absolute atomic E-state index is 0.0605. The molecule has 0 spiro atoms. The van der Waals surface area contributed by atoms with Gasteiger partial charge in [0.1, 0.15) is 11.5 Å². The zero-order valence-electron chi connectivity index (χ0n) is 25.3. The number of aromatic nitrogens is 1. The van der Waals surface area contributed by atoms with Crippen LogP contribution >= 0.6 is 27.3 Å². The number of nitro groups is 1. The molecule has 13 heteroatoms. The highest BCUT2D eigenvalue weighted by atomic mass is 79.9. The molecule has 238 valence electrons. The van der Waals surface area contributed by atoms with Crippen LogP contribution in [0.4, 0.5) is 5.69 Å². The first-order valence-electron chi connectivity index (χ1n) is 14.3. The Kier molecular flexibility index (Phi) is 8.92. The van der Waals surface area contributed by atoms with Crippen LogP contribution in [0, 0.1) is 10.1 Å². The average molecular weight is 717 g/mol. The molecular formula is C34H26BrN3O8S. The lowest BCUT2D eigenvalue weighted by molar-refractivity contribution is -0.384. The second-order valence-electron chi connectivity index (χ2n) is 10.2. The molecule has 0 amide bonds. The normalized spacial score (nSPS) is 14.4. The molecule has 0 saturated carbocycles. The topological polar surface area (TPSA) is 135 Å². The Bertz CT molecular complexity index is 2240. The van der Waals surface area contributed by atoms with Crippen molar-refractivity contribution in [2.45, 2.75) is 13.0 Å². The lowest BCUT2D eigenvalue weighted by atomic mass is 9.93. The summed E-state index contributed by atoms with van der Waals surface area (Å²) in [5.41, 5.74) is 2.02. The number of ether oxygens (including phenoxy) is 3. The lowest BCUT2D eigenvalue weighted by Crippen LogP contribution is -2.40. The van der Waals surface area contributed by atoms with Gasteiger partial charge in [0.05, 0.1) is 47.6 Å². The average Bonchev–Trinajstić information content (AvgIpc) is 3.67. The highest BCUT2D eigenvalue weighted by Gasteiger charge is 2.35. The third kappa shape index (κ3) is 6.02. The van der Waals surface area contributed by atoms with Crippen molar-refractivity contribution < 1.29 is 28.3 Å². The SMILES string of the molecule is CCOC(=O)C1=C(c2ccccc2)N=c2s/c(=C\c3ccc(-c4ccc([N+](=O)[O-])cc4Br)o3)c(=O)n2[C@@H]1c1ccc(OC)c(OC)c1. The number of esters is 1. The van der Waals surface area contributed by atoms with E-state index in [4.69, 9.17) is 23.6 Å². The molecule has 0 fully saturated rings. The molecule has 0 N–H and O–H groups in total. The highest BCUT2D eigenvalue weighted by Crippen LogP contribution is 2.38. The Balaban J connectivity index is 1.55. The fraction of sp³-hybridized carbons (Fsp3) is 0.147. The number of methoxy groups -OCH3 is 2. The van der Waals surface area contributed by atoms with Crippen molar-refractivity contribution in [3.8, 4) is 22.8 Å². The number of furan rings is 1. The van der Waals surface area contributed by atoms with Crippen LogP contribution in [0.2, 0.25) is 0 Å². The van der Waals surface area contributed by atoms with E-state index < -0.39 is 22.5 Å². The molecule has 11 nitrogen and oxygen atoms in total. The van der Waals surface area contributed by atoms with E-state index in [1.54, 1.807) is 49.4 Å². The fourth-order valence-electron chi connectivity index (χ4n) is 5.30. The summed E-state index contributed by atoms with van der Waals surface area (Å²) in [6.45, 7) is 1.84. The van der Waals surface area contributed by atoms with Gasteiger partial charge in [-0.2, -0.15) is 0 Å². The van der Waals surface area contributed by atoms with E-state index in [9.17, 15) is 19.7 Å². The second-order valence-corrected chi connectivity index (χ2v) is 12.0. The summed E-state index contributed by atoms with van der Waals surface area (Å²) in [5.74, 6) is 1.14. The first-order valence-corrected chi connectivity index (χ1v) is 15.9. The van der Waals surface area contributed by atoms with Crippen LogP contribution in [0.15, 0.2) is 103 Å². The maximum Gasteiger partial charge on any atom is 0.338 e. The van der Waals surface area contributed by atoms with Gasteiger partial charge in [-0.1, -0.05) is 47.7 Å². The van der Waals surface area contributed by atoms with Crippen molar-refractivity contribution in [1.82, 2.24) is 4.57 Å². The highest BCUT2D eigenvalue weighted by molar-refractivity contribution is 9.10. The van der Waals surface area contributed by atoms with Crippen LogP contribution in [-0.4, -0.2) is 36.3 Å². The summed E-state index contributed by atoms with van der Waals surface area (Å²) in [6.07, 6.45) is 1.61. The van der Waals surface area contributed by atoms with Gasteiger partial charge in [-0.25, -0.2) is 9.79 Å². The number of carbonyl (C=O) groups is 1. The molecule has 2 aromatic heterocycles. The first kappa shape index (κ1) is 31.7. The van der Waals surface area contributed by atoms with Gasteiger partial charge in [-0.05, 0) is 58.7 Å². The number of benzene rings is 3. The predicted octanol–water partition coefficient (Wildman–Crippen LogP) is 5.88. The minimum atomic E-state index is -0.911. The van der Waals surface area contributed by atoms with Crippen LogP contribution in [0.3, 0.4) is 0 Å². The Morgan fingerprint density at radius 2 is 1.83 bits per heavy atom. The van der Waals surface area contributed by atoms with Gasteiger partial charge in [-0.15, -0.1) is 0 Å². The van der Waals surface area contributed by atoms with Gasteiger partial charge in [-0.3, -0.25) is 19.5 Å². The molecule has 0 radical (unpaired) electrons. The van der Waals surface area contributed by atoms with Crippen LogP contribution in [0.25, 0.3) is 23.1 Å². The van der Waals surface area contributed by atoms with E-state index in [1.807, 2.05) is 30.3 Å². The summed E-state index contributed by atoms with van der Waals surface area (Å²) in [4.78, 5) is 43.8. The summed E-state index contributed by atoms with van der Waals surface area (Å²) >= 11 is 4.54.